The van der Waals surface area contributed by atoms with Crippen molar-refractivity contribution in [1.82, 2.24) is 15.5 Å². The molecule has 1 saturated carbocycles. The number of carbonyl (C=O) groups excluding carboxylic acids is 2. The van der Waals surface area contributed by atoms with E-state index < -0.39 is 0 Å². The van der Waals surface area contributed by atoms with Crippen LogP contribution >= 0.6 is 24.0 Å². The Morgan fingerprint density at radius 2 is 1.67 bits per heavy atom. The number of rotatable bonds is 6. The van der Waals surface area contributed by atoms with Crippen LogP contribution in [0.1, 0.15) is 26.7 Å². The first-order valence-corrected chi connectivity index (χ1v) is 8.73. The normalized spacial score (nSPS) is 29.5. The predicted molar refractivity (Wildman–Crippen MR) is 104 cm³/mol. The molecule has 2 amide bonds. The molecule has 4 unspecified atom stereocenters. The number of imide groups is 1. The molecule has 6 nitrogen and oxygen atoms in total. The van der Waals surface area contributed by atoms with Gasteiger partial charge in [-0.25, -0.2) is 0 Å². The molecular formula is C17H27IN4O2. The number of hydrogen-bond acceptors (Lipinski definition) is 3. The summed E-state index contributed by atoms with van der Waals surface area (Å²) in [6.07, 6.45) is 5.95. The fraction of sp³-hybridized carbons (Fsp3) is 0.706. The summed E-state index contributed by atoms with van der Waals surface area (Å²) < 4.78 is 0. The highest BCUT2D eigenvalue weighted by molar-refractivity contribution is 14.0. The quantitative estimate of drug-likeness (QED) is 0.162. The number of fused-ring (bicyclic) bond motifs is 5. The molecule has 3 aliphatic rings. The smallest absolute Gasteiger partial charge is 0.233 e. The first-order chi connectivity index (χ1) is 11.2. The number of amides is 2. The molecule has 4 atom stereocenters. The Balaban J connectivity index is 0.00000208. The van der Waals surface area contributed by atoms with Crippen LogP contribution in [0.25, 0.3) is 0 Å². The highest BCUT2D eigenvalue weighted by Crippen LogP contribution is 2.52. The van der Waals surface area contributed by atoms with Crippen molar-refractivity contribution < 1.29 is 9.59 Å². The van der Waals surface area contributed by atoms with Crippen molar-refractivity contribution in [2.24, 2.45) is 28.7 Å². The highest BCUT2D eigenvalue weighted by atomic mass is 127. The molecule has 2 aliphatic carbocycles. The number of aliphatic imine (C=N–C) groups is 1. The Morgan fingerprint density at radius 3 is 2.17 bits per heavy atom. The molecule has 7 heteroatoms. The van der Waals surface area contributed by atoms with E-state index in [0.717, 1.165) is 25.5 Å². The number of likely N-dealkylation sites (tertiary alicyclic amines) is 1. The Hall–Kier alpha value is -1.12. The second-order valence-electron chi connectivity index (χ2n) is 6.47. The van der Waals surface area contributed by atoms with Gasteiger partial charge in [-0.3, -0.25) is 19.5 Å². The van der Waals surface area contributed by atoms with Crippen LogP contribution in [0.2, 0.25) is 0 Å². The van der Waals surface area contributed by atoms with Gasteiger partial charge in [0.15, 0.2) is 5.96 Å². The van der Waals surface area contributed by atoms with Gasteiger partial charge in [0.25, 0.3) is 0 Å². The summed E-state index contributed by atoms with van der Waals surface area (Å²) in [5, 5.41) is 6.33. The minimum absolute atomic E-state index is 0. The number of nitrogens with zero attached hydrogens (tertiary/aromatic N) is 2. The van der Waals surface area contributed by atoms with E-state index in [4.69, 9.17) is 0 Å². The van der Waals surface area contributed by atoms with Crippen LogP contribution in [0, 0.1) is 23.7 Å². The van der Waals surface area contributed by atoms with E-state index in [1.165, 1.54) is 4.90 Å². The summed E-state index contributed by atoms with van der Waals surface area (Å²) in [4.78, 5) is 31.0. The van der Waals surface area contributed by atoms with Gasteiger partial charge < -0.3 is 10.6 Å². The molecule has 0 aromatic carbocycles. The Bertz CT molecular complexity index is 511. The van der Waals surface area contributed by atoms with E-state index in [0.29, 0.717) is 31.3 Å². The summed E-state index contributed by atoms with van der Waals surface area (Å²) in [6.45, 7) is 6.76. The van der Waals surface area contributed by atoms with Crippen LogP contribution in [-0.2, 0) is 9.59 Å². The van der Waals surface area contributed by atoms with Gasteiger partial charge in [-0.15, -0.1) is 24.0 Å². The molecule has 2 fully saturated rings. The summed E-state index contributed by atoms with van der Waals surface area (Å²) in [5.74, 6) is 1.28. The highest BCUT2D eigenvalue weighted by Gasteiger charge is 2.58. The molecule has 0 radical (unpaired) electrons. The third kappa shape index (κ3) is 3.45. The van der Waals surface area contributed by atoms with Gasteiger partial charge in [0.2, 0.25) is 11.8 Å². The SMILES string of the molecule is CCNC(=NCCCN1C(=O)C2C3C=CC(C3)C2C1=O)NCC.I. The van der Waals surface area contributed by atoms with E-state index >= 15 is 0 Å². The predicted octanol–water partition coefficient (Wildman–Crippen LogP) is 1.38. The van der Waals surface area contributed by atoms with Crippen LogP contribution in [0.15, 0.2) is 17.1 Å². The maximum atomic E-state index is 12.5. The zero-order valence-electron chi connectivity index (χ0n) is 14.3. The third-order valence-electron chi connectivity index (χ3n) is 5.06. The zero-order chi connectivity index (χ0) is 16.4. The zero-order valence-corrected chi connectivity index (χ0v) is 16.7. The Kier molecular flexibility index (Phi) is 6.65. The van der Waals surface area contributed by atoms with Crippen molar-refractivity contribution in [3.63, 3.8) is 0 Å². The van der Waals surface area contributed by atoms with Crippen LogP contribution in [0.4, 0.5) is 0 Å². The topological polar surface area (TPSA) is 73.8 Å². The van der Waals surface area contributed by atoms with Crippen molar-refractivity contribution in [3.05, 3.63) is 12.2 Å². The molecule has 24 heavy (non-hydrogen) atoms. The van der Waals surface area contributed by atoms with Crippen molar-refractivity contribution in [1.29, 1.82) is 0 Å². The molecule has 2 N–H and O–H groups in total. The van der Waals surface area contributed by atoms with Gasteiger partial charge >= 0.3 is 0 Å². The lowest BCUT2D eigenvalue weighted by atomic mass is 9.85. The van der Waals surface area contributed by atoms with Crippen LogP contribution < -0.4 is 10.6 Å². The van der Waals surface area contributed by atoms with E-state index in [2.05, 4.69) is 27.8 Å². The number of guanidine groups is 1. The fourth-order valence-electron chi connectivity index (χ4n) is 4.11. The van der Waals surface area contributed by atoms with Crippen LogP contribution in [-0.4, -0.2) is 48.9 Å². The third-order valence-corrected chi connectivity index (χ3v) is 5.06. The lowest BCUT2D eigenvalue weighted by Crippen LogP contribution is -2.37. The maximum Gasteiger partial charge on any atom is 0.233 e. The van der Waals surface area contributed by atoms with Crippen molar-refractivity contribution >= 4 is 41.8 Å². The number of hydrogen-bond donors (Lipinski definition) is 2. The first-order valence-electron chi connectivity index (χ1n) is 8.73. The van der Waals surface area contributed by atoms with E-state index in [-0.39, 0.29) is 47.6 Å². The van der Waals surface area contributed by atoms with Gasteiger partial charge in [0.1, 0.15) is 0 Å². The van der Waals surface area contributed by atoms with Gasteiger partial charge in [0, 0.05) is 26.2 Å². The molecule has 2 bridgehead atoms. The molecular weight excluding hydrogens is 419 g/mol. The average molecular weight is 446 g/mol. The minimum Gasteiger partial charge on any atom is -0.357 e. The molecule has 134 valence electrons. The Labute approximate surface area is 160 Å². The average Bonchev–Trinajstić information content (AvgIpc) is 3.20. The van der Waals surface area contributed by atoms with Gasteiger partial charge in [-0.2, -0.15) is 0 Å². The molecule has 0 aromatic rings. The fourth-order valence-corrected chi connectivity index (χ4v) is 4.11. The molecule has 3 rings (SSSR count). The first kappa shape index (κ1) is 19.2. The van der Waals surface area contributed by atoms with Gasteiger partial charge in [-0.05, 0) is 38.5 Å². The standard InChI is InChI=1S/C17H26N4O2.HI/c1-3-18-17(19-4-2)20-8-5-9-21-15(22)13-11-6-7-12(10-11)14(13)16(21)23;/h6-7,11-14H,3-5,8-10H2,1-2H3,(H2,18,19,20);1H. The van der Waals surface area contributed by atoms with E-state index in [1.807, 2.05) is 13.8 Å². The molecule has 1 saturated heterocycles. The lowest BCUT2D eigenvalue weighted by Gasteiger charge is -2.16. The Morgan fingerprint density at radius 1 is 1.12 bits per heavy atom. The largest absolute Gasteiger partial charge is 0.357 e. The van der Waals surface area contributed by atoms with Gasteiger partial charge in [0.05, 0.1) is 11.8 Å². The van der Waals surface area contributed by atoms with Crippen molar-refractivity contribution in [3.8, 4) is 0 Å². The number of allylic oxidation sites excluding steroid dienone is 2. The summed E-state index contributed by atoms with van der Waals surface area (Å²) >= 11 is 0. The number of nitrogens with one attached hydrogen (secondary N) is 2. The molecule has 1 heterocycles. The van der Waals surface area contributed by atoms with Gasteiger partial charge in [-0.1, -0.05) is 12.2 Å². The van der Waals surface area contributed by atoms with E-state index in [1.54, 1.807) is 0 Å². The lowest BCUT2D eigenvalue weighted by molar-refractivity contribution is -0.140. The van der Waals surface area contributed by atoms with Crippen molar-refractivity contribution in [2.75, 3.05) is 26.2 Å². The summed E-state index contributed by atoms with van der Waals surface area (Å²) in [7, 11) is 0. The van der Waals surface area contributed by atoms with Crippen LogP contribution in [0.5, 0.6) is 0 Å². The van der Waals surface area contributed by atoms with E-state index in [9.17, 15) is 9.59 Å². The molecule has 0 aromatic heterocycles. The number of carbonyl (C=O) groups is 2. The molecule has 0 spiro atoms. The minimum atomic E-state index is -0.0833. The summed E-state index contributed by atoms with van der Waals surface area (Å²) in [6, 6.07) is 0. The number of halogens is 1. The monoisotopic (exact) mass is 446 g/mol. The van der Waals surface area contributed by atoms with Crippen molar-refractivity contribution in [2.45, 2.75) is 26.7 Å². The second-order valence-corrected chi connectivity index (χ2v) is 6.47. The maximum absolute atomic E-state index is 12.5. The van der Waals surface area contributed by atoms with Crippen LogP contribution in [0.3, 0.4) is 0 Å². The summed E-state index contributed by atoms with van der Waals surface area (Å²) in [5.41, 5.74) is 0. The molecule has 1 aliphatic heterocycles. The second kappa shape index (κ2) is 8.31.